The molecule has 1 aromatic carbocycles. The van der Waals surface area contributed by atoms with E-state index >= 15 is 0 Å². The van der Waals surface area contributed by atoms with Crippen molar-refractivity contribution in [3.05, 3.63) is 48.7 Å². The SMILES string of the molecule is C=CC1CN2CCC1CC2[C@H](C)c1cnc2ccc(OC)cc2c1. The van der Waals surface area contributed by atoms with Crippen LogP contribution in [0.4, 0.5) is 0 Å². The van der Waals surface area contributed by atoms with Gasteiger partial charge >= 0.3 is 0 Å². The number of methoxy groups -OCH3 is 1. The molecule has 0 N–H and O–H groups in total. The number of ether oxygens (including phenoxy) is 1. The van der Waals surface area contributed by atoms with Crippen LogP contribution < -0.4 is 4.74 Å². The normalized spacial score (nSPS) is 30.2. The molecular weight excluding hydrogens is 296 g/mol. The molecule has 5 atom stereocenters. The summed E-state index contributed by atoms with van der Waals surface area (Å²) in [6.45, 7) is 8.81. The van der Waals surface area contributed by atoms with Crippen molar-refractivity contribution in [3.8, 4) is 5.75 Å². The van der Waals surface area contributed by atoms with Gasteiger partial charge in [0.05, 0.1) is 12.6 Å². The number of aromatic nitrogens is 1. The van der Waals surface area contributed by atoms with Crippen molar-refractivity contribution in [3.63, 3.8) is 0 Å². The summed E-state index contributed by atoms with van der Waals surface area (Å²) in [5.41, 5.74) is 2.37. The summed E-state index contributed by atoms with van der Waals surface area (Å²) in [5, 5.41) is 1.17. The van der Waals surface area contributed by atoms with E-state index in [-0.39, 0.29) is 0 Å². The first-order chi connectivity index (χ1) is 11.7. The van der Waals surface area contributed by atoms with Crippen LogP contribution >= 0.6 is 0 Å². The highest BCUT2D eigenvalue weighted by molar-refractivity contribution is 5.80. The third-order valence-electron chi connectivity index (χ3n) is 6.17. The highest BCUT2D eigenvalue weighted by Crippen LogP contribution is 2.41. The van der Waals surface area contributed by atoms with Gasteiger partial charge in [0.2, 0.25) is 0 Å². The maximum atomic E-state index is 5.36. The third-order valence-corrected chi connectivity index (χ3v) is 6.17. The molecule has 0 amide bonds. The van der Waals surface area contributed by atoms with Crippen LogP contribution in [0.25, 0.3) is 10.9 Å². The molecule has 0 spiro atoms. The average molecular weight is 322 g/mol. The van der Waals surface area contributed by atoms with Crippen LogP contribution in [0.1, 0.15) is 31.2 Å². The zero-order chi connectivity index (χ0) is 16.7. The number of nitrogens with zero attached hydrogens (tertiary/aromatic N) is 2. The van der Waals surface area contributed by atoms with Crippen LogP contribution in [0.5, 0.6) is 5.75 Å². The lowest BCUT2D eigenvalue weighted by atomic mass is 9.72. The Hall–Kier alpha value is -1.87. The standard InChI is InChI=1S/C21H26N2O/c1-4-15-13-23-8-7-16(15)11-21(23)14(2)18-9-17-10-19(24-3)5-6-20(17)22-12-18/h4-6,9-10,12,14-16,21H,1,7-8,11,13H2,2-3H3/t14-,15?,16?,21?/m1/s1. The van der Waals surface area contributed by atoms with Gasteiger partial charge in [0.25, 0.3) is 0 Å². The zero-order valence-electron chi connectivity index (χ0n) is 14.6. The smallest absolute Gasteiger partial charge is 0.119 e. The Morgan fingerprint density at radius 3 is 2.96 bits per heavy atom. The van der Waals surface area contributed by atoms with Crippen molar-refractivity contribution in [2.24, 2.45) is 11.8 Å². The lowest BCUT2D eigenvalue weighted by Gasteiger charge is -2.51. The molecular formula is C21H26N2O. The first-order valence-corrected chi connectivity index (χ1v) is 9.00. The van der Waals surface area contributed by atoms with E-state index in [0.717, 1.165) is 17.2 Å². The fourth-order valence-electron chi connectivity index (χ4n) is 4.62. The Kier molecular flexibility index (Phi) is 4.05. The van der Waals surface area contributed by atoms with E-state index in [1.165, 1.54) is 36.9 Å². The quantitative estimate of drug-likeness (QED) is 0.787. The molecule has 0 saturated carbocycles. The molecule has 5 rings (SSSR count). The van der Waals surface area contributed by atoms with Gasteiger partial charge in [-0.3, -0.25) is 9.88 Å². The Balaban J connectivity index is 1.61. The fourth-order valence-corrected chi connectivity index (χ4v) is 4.62. The maximum Gasteiger partial charge on any atom is 0.119 e. The number of rotatable bonds is 4. The van der Waals surface area contributed by atoms with Gasteiger partial charge in [-0.25, -0.2) is 0 Å². The summed E-state index contributed by atoms with van der Waals surface area (Å²) in [5.74, 6) is 2.89. The minimum Gasteiger partial charge on any atom is -0.497 e. The Morgan fingerprint density at radius 2 is 2.25 bits per heavy atom. The number of hydrogen-bond acceptors (Lipinski definition) is 3. The molecule has 2 aromatic rings. The predicted octanol–water partition coefficient (Wildman–Crippen LogP) is 4.24. The molecule has 4 heterocycles. The van der Waals surface area contributed by atoms with E-state index in [1.54, 1.807) is 7.11 Å². The molecule has 126 valence electrons. The molecule has 3 heteroatoms. The van der Waals surface area contributed by atoms with Crippen molar-refractivity contribution in [2.75, 3.05) is 20.2 Å². The minimum absolute atomic E-state index is 0.502. The Morgan fingerprint density at radius 1 is 1.38 bits per heavy atom. The van der Waals surface area contributed by atoms with Crippen LogP contribution in [0.2, 0.25) is 0 Å². The molecule has 0 radical (unpaired) electrons. The highest BCUT2D eigenvalue weighted by Gasteiger charge is 2.41. The molecule has 2 bridgehead atoms. The van der Waals surface area contributed by atoms with Crippen molar-refractivity contribution in [1.29, 1.82) is 0 Å². The molecule has 3 nitrogen and oxygen atoms in total. The molecule has 24 heavy (non-hydrogen) atoms. The highest BCUT2D eigenvalue weighted by atomic mass is 16.5. The van der Waals surface area contributed by atoms with Crippen molar-refractivity contribution in [2.45, 2.75) is 31.7 Å². The van der Waals surface area contributed by atoms with Gasteiger partial charge in [-0.2, -0.15) is 0 Å². The number of hydrogen-bond donors (Lipinski definition) is 0. The van der Waals surface area contributed by atoms with Gasteiger partial charge in [0, 0.05) is 24.2 Å². The summed E-state index contributed by atoms with van der Waals surface area (Å²) >= 11 is 0. The average Bonchev–Trinajstić information content (AvgIpc) is 2.66. The number of benzene rings is 1. The van der Waals surface area contributed by atoms with E-state index in [9.17, 15) is 0 Å². The Labute approximate surface area is 144 Å². The zero-order valence-corrected chi connectivity index (χ0v) is 14.6. The lowest BCUT2D eigenvalue weighted by molar-refractivity contribution is 0.00904. The molecule has 3 saturated heterocycles. The van der Waals surface area contributed by atoms with Crippen LogP contribution in [0.15, 0.2) is 43.1 Å². The second-order valence-electron chi connectivity index (χ2n) is 7.36. The van der Waals surface area contributed by atoms with Crippen molar-refractivity contribution in [1.82, 2.24) is 9.88 Å². The monoisotopic (exact) mass is 322 g/mol. The summed E-state index contributed by atoms with van der Waals surface area (Å²) in [6, 6.07) is 9.01. The summed E-state index contributed by atoms with van der Waals surface area (Å²) < 4.78 is 5.36. The number of piperidine rings is 3. The molecule has 3 fully saturated rings. The largest absolute Gasteiger partial charge is 0.497 e. The molecule has 3 aliphatic heterocycles. The summed E-state index contributed by atoms with van der Waals surface area (Å²) in [6.07, 6.45) is 6.84. The van der Waals surface area contributed by atoms with Gasteiger partial charge in [-0.05, 0) is 67.0 Å². The van der Waals surface area contributed by atoms with Crippen molar-refractivity contribution < 1.29 is 4.74 Å². The van der Waals surface area contributed by atoms with Gasteiger partial charge in [-0.15, -0.1) is 6.58 Å². The predicted molar refractivity (Wildman–Crippen MR) is 98.5 cm³/mol. The lowest BCUT2D eigenvalue weighted by Crippen LogP contribution is -2.54. The summed E-state index contributed by atoms with van der Waals surface area (Å²) in [7, 11) is 1.71. The van der Waals surface area contributed by atoms with E-state index in [0.29, 0.717) is 17.9 Å². The maximum absolute atomic E-state index is 5.36. The van der Waals surface area contributed by atoms with Crippen LogP contribution in [-0.2, 0) is 0 Å². The van der Waals surface area contributed by atoms with Crippen molar-refractivity contribution >= 4 is 10.9 Å². The number of pyridine rings is 1. The minimum atomic E-state index is 0.502. The van der Waals surface area contributed by atoms with Gasteiger partial charge in [0.1, 0.15) is 5.75 Å². The second-order valence-corrected chi connectivity index (χ2v) is 7.36. The molecule has 1 aromatic heterocycles. The first kappa shape index (κ1) is 15.6. The van der Waals surface area contributed by atoms with Crippen LogP contribution in [0, 0.1) is 11.8 Å². The third kappa shape index (κ3) is 2.61. The van der Waals surface area contributed by atoms with Gasteiger partial charge in [-0.1, -0.05) is 13.0 Å². The van der Waals surface area contributed by atoms with Gasteiger partial charge < -0.3 is 4.74 Å². The van der Waals surface area contributed by atoms with E-state index < -0.39 is 0 Å². The van der Waals surface area contributed by atoms with Crippen LogP contribution in [0.3, 0.4) is 0 Å². The van der Waals surface area contributed by atoms with Crippen LogP contribution in [-0.4, -0.2) is 36.1 Å². The number of fused-ring (bicyclic) bond motifs is 4. The van der Waals surface area contributed by atoms with E-state index in [2.05, 4.69) is 47.8 Å². The Bertz CT molecular complexity index is 757. The van der Waals surface area contributed by atoms with E-state index in [1.807, 2.05) is 12.1 Å². The summed E-state index contributed by atoms with van der Waals surface area (Å²) in [4.78, 5) is 7.35. The van der Waals surface area contributed by atoms with E-state index in [4.69, 9.17) is 4.74 Å². The molecule has 4 unspecified atom stereocenters. The molecule has 3 aliphatic rings. The first-order valence-electron chi connectivity index (χ1n) is 9.00. The second kappa shape index (κ2) is 6.21. The molecule has 0 aliphatic carbocycles. The topological polar surface area (TPSA) is 25.4 Å². The van der Waals surface area contributed by atoms with Gasteiger partial charge in [0.15, 0.2) is 0 Å². The fraction of sp³-hybridized carbons (Fsp3) is 0.476.